The van der Waals surface area contributed by atoms with E-state index in [0.717, 1.165) is 18.4 Å². The van der Waals surface area contributed by atoms with E-state index in [-0.39, 0.29) is 11.7 Å². The summed E-state index contributed by atoms with van der Waals surface area (Å²) in [4.78, 5) is 41.6. The average molecular weight is 538 g/mol. The Morgan fingerprint density at radius 3 is 2.26 bits per heavy atom. The fourth-order valence-electron chi connectivity index (χ4n) is 3.85. The van der Waals surface area contributed by atoms with Gasteiger partial charge in [0, 0.05) is 24.4 Å². The normalized spacial score (nSPS) is 12.5. The van der Waals surface area contributed by atoms with Crippen molar-refractivity contribution in [2.45, 2.75) is 71.2 Å². The first-order chi connectivity index (χ1) is 18.1. The molecule has 0 heterocycles. The van der Waals surface area contributed by atoms with Crippen molar-refractivity contribution in [1.82, 2.24) is 15.5 Å². The summed E-state index contributed by atoms with van der Waals surface area (Å²) in [5, 5.41) is 5.60. The van der Waals surface area contributed by atoms with Crippen LogP contribution in [-0.2, 0) is 20.9 Å². The Balaban J connectivity index is 2.42. The summed E-state index contributed by atoms with van der Waals surface area (Å²) in [6.07, 6.45) is 7.32. The second kappa shape index (κ2) is 15.1. The van der Waals surface area contributed by atoms with E-state index in [1.165, 1.54) is 4.90 Å². The lowest BCUT2D eigenvalue weighted by molar-refractivity contribution is -0.142. The highest BCUT2D eigenvalue weighted by Crippen LogP contribution is 2.24. The van der Waals surface area contributed by atoms with Crippen molar-refractivity contribution in [2.75, 3.05) is 12.3 Å². The SMILES string of the molecule is C#Cc1ccc(C(C(=O)NCc2ccccc2)N(CCCCC)C(=O)C(CS)NC(=O)OC(C)(C)C)cc1. The molecule has 2 unspecified atom stereocenters. The van der Waals surface area contributed by atoms with E-state index in [0.29, 0.717) is 30.6 Å². The first-order valence-electron chi connectivity index (χ1n) is 12.9. The van der Waals surface area contributed by atoms with Gasteiger partial charge in [-0.1, -0.05) is 68.2 Å². The van der Waals surface area contributed by atoms with Gasteiger partial charge in [0.15, 0.2) is 0 Å². The van der Waals surface area contributed by atoms with E-state index >= 15 is 0 Å². The number of thiol groups is 1. The maximum atomic E-state index is 13.9. The molecule has 0 saturated heterocycles. The molecule has 0 radical (unpaired) electrons. The number of carbonyl (C=O) groups is 3. The summed E-state index contributed by atoms with van der Waals surface area (Å²) >= 11 is 4.33. The van der Waals surface area contributed by atoms with E-state index in [9.17, 15) is 14.4 Å². The zero-order valence-corrected chi connectivity index (χ0v) is 23.6. The molecule has 0 aliphatic rings. The van der Waals surface area contributed by atoms with Crippen molar-refractivity contribution in [3.8, 4) is 12.3 Å². The van der Waals surface area contributed by atoms with Gasteiger partial charge in [-0.2, -0.15) is 12.6 Å². The van der Waals surface area contributed by atoms with Crippen molar-refractivity contribution in [2.24, 2.45) is 0 Å². The van der Waals surface area contributed by atoms with Crippen molar-refractivity contribution in [1.29, 1.82) is 0 Å². The minimum absolute atomic E-state index is 0.0384. The van der Waals surface area contributed by atoms with Crippen LogP contribution in [0.25, 0.3) is 0 Å². The Morgan fingerprint density at radius 2 is 1.71 bits per heavy atom. The third kappa shape index (κ3) is 9.79. The number of amides is 3. The molecule has 2 atom stereocenters. The summed E-state index contributed by atoms with van der Waals surface area (Å²) in [6, 6.07) is 14.7. The van der Waals surface area contributed by atoms with Gasteiger partial charge in [-0.3, -0.25) is 9.59 Å². The smallest absolute Gasteiger partial charge is 0.408 e. The molecule has 2 rings (SSSR count). The lowest BCUT2D eigenvalue weighted by atomic mass is 10.0. The molecule has 0 aliphatic carbocycles. The molecule has 204 valence electrons. The highest BCUT2D eigenvalue weighted by molar-refractivity contribution is 7.80. The van der Waals surface area contributed by atoms with Crippen LogP contribution in [0.4, 0.5) is 4.79 Å². The molecule has 0 aliphatic heterocycles. The van der Waals surface area contributed by atoms with Gasteiger partial charge >= 0.3 is 6.09 Å². The zero-order valence-electron chi connectivity index (χ0n) is 22.7. The molecule has 0 bridgehead atoms. The lowest BCUT2D eigenvalue weighted by Gasteiger charge is -2.34. The topological polar surface area (TPSA) is 87.7 Å². The van der Waals surface area contributed by atoms with Gasteiger partial charge in [-0.05, 0) is 50.5 Å². The molecular weight excluding hydrogens is 498 g/mol. The molecule has 0 spiro atoms. The van der Waals surface area contributed by atoms with Crippen LogP contribution >= 0.6 is 12.6 Å². The van der Waals surface area contributed by atoms with Crippen LogP contribution in [0.5, 0.6) is 0 Å². The second-order valence-electron chi connectivity index (χ2n) is 9.99. The predicted octanol–water partition coefficient (Wildman–Crippen LogP) is 4.87. The summed E-state index contributed by atoms with van der Waals surface area (Å²) in [7, 11) is 0. The van der Waals surface area contributed by atoms with Crippen molar-refractivity contribution in [3.05, 3.63) is 71.3 Å². The number of rotatable bonds is 12. The number of terminal acetylenes is 1. The Hall–Kier alpha value is -3.44. The quantitative estimate of drug-likeness (QED) is 0.205. The molecule has 0 saturated carbocycles. The first kappa shape index (κ1) is 30.8. The van der Waals surface area contributed by atoms with Gasteiger partial charge in [-0.15, -0.1) is 6.42 Å². The molecule has 7 nitrogen and oxygen atoms in total. The minimum Gasteiger partial charge on any atom is -0.444 e. The molecular formula is C30H39N3O4S. The Labute approximate surface area is 232 Å². The summed E-state index contributed by atoms with van der Waals surface area (Å²) in [6.45, 7) is 7.93. The molecule has 0 aromatic heterocycles. The molecule has 38 heavy (non-hydrogen) atoms. The highest BCUT2D eigenvalue weighted by atomic mass is 32.1. The highest BCUT2D eigenvalue weighted by Gasteiger charge is 2.35. The van der Waals surface area contributed by atoms with E-state index in [2.05, 4.69) is 36.1 Å². The number of carbonyl (C=O) groups excluding carboxylic acids is 3. The van der Waals surface area contributed by atoms with Crippen molar-refractivity contribution >= 4 is 30.5 Å². The first-order valence-corrected chi connectivity index (χ1v) is 13.5. The number of hydrogen-bond donors (Lipinski definition) is 3. The van der Waals surface area contributed by atoms with Crippen LogP contribution in [0.2, 0.25) is 0 Å². The van der Waals surface area contributed by atoms with Crippen molar-refractivity contribution in [3.63, 3.8) is 0 Å². The number of hydrogen-bond acceptors (Lipinski definition) is 5. The Kier molecular flexibility index (Phi) is 12.2. The number of nitrogens with zero attached hydrogens (tertiary/aromatic N) is 1. The van der Waals surface area contributed by atoms with Crippen LogP contribution in [0.15, 0.2) is 54.6 Å². The van der Waals surface area contributed by atoms with E-state index in [1.807, 2.05) is 30.3 Å². The van der Waals surface area contributed by atoms with Crippen LogP contribution < -0.4 is 10.6 Å². The maximum absolute atomic E-state index is 13.9. The van der Waals surface area contributed by atoms with Gasteiger partial charge in [0.05, 0.1) is 0 Å². The summed E-state index contributed by atoms with van der Waals surface area (Å²) in [5.41, 5.74) is 1.50. The molecule has 8 heteroatoms. The fraction of sp³-hybridized carbons (Fsp3) is 0.433. The van der Waals surface area contributed by atoms with Crippen LogP contribution in [0.3, 0.4) is 0 Å². The number of unbranched alkanes of at least 4 members (excludes halogenated alkanes) is 2. The molecule has 2 N–H and O–H groups in total. The number of alkyl carbamates (subject to hydrolysis) is 1. The third-order valence-electron chi connectivity index (χ3n) is 5.72. The van der Waals surface area contributed by atoms with Crippen LogP contribution in [0, 0.1) is 12.3 Å². The van der Waals surface area contributed by atoms with Gasteiger partial charge in [0.25, 0.3) is 0 Å². The van der Waals surface area contributed by atoms with Crippen molar-refractivity contribution < 1.29 is 19.1 Å². The van der Waals surface area contributed by atoms with Crippen LogP contribution in [0.1, 0.15) is 69.7 Å². The molecule has 2 aromatic carbocycles. The van der Waals surface area contributed by atoms with E-state index < -0.39 is 29.7 Å². The number of ether oxygens (including phenoxy) is 1. The number of benzene rings is 2. The largest absolute Gasteiger partial charge is 0.444 e. The second-order valence-corrected chi connectivity index (χ2v) is 10.4. The van der Waals surface area contributed by atoms with E-state index in [1.54, 1.807) is 45.0 Å². The van der Waals surface area contributed by atoms with E-state index in [4.69, 9.17) is 11.2 Å². The molecule has 0 fully saturated rings. The van der Waals surface area contributed by atoms with Gasteiger partial charge in [-0.25, -0.2) is 4.79 Å². The van der Waals surface area contributed by atoms with Gasteiger partial charge in [0.2, 0.25) is 11.8 Å². The van der Waals surface area contributed by atoms with Gasteiger partial charge < -0.3 is 20.3 Å². The standard InChI is InChI=1S/C30H39N3O4S/c1-6-8-12-19-33(28(35)25(21-38)32-29(36)37-30(3,4)5)26(24-17-15-22(7-2)16-18-24)27(34)31-20-23-13-10-9-11-14-23/h2,9-11,13-18,25-26,38H,6,8,12,19-21H2,1,3-5H3,(H,31,34)(H,32,36). The monoisotopic (exact) mass is 537 g/mol. The minimum atomic E-state index is -0.982. The molecule has 2 aromatic rings. The van der Waals surface area contributed by atoms with Gasteiger partial charge in [0.1, 0.15) is 17.7 Å². The number of nitrogens with one attached hydrogen (secondary N) is 2. The Morgan fingerprint density at radius 1 is 1.05 bits per heavy atom. The predicted molar refractivity (Wildman–Crippen MR) is 154 cm³/mol. The lowest BCUT2D eigenvalue weighted by Crippen LogP contribution is -2.54. The summed E-state index contributed by atoms with van der Waals surface area (Å²) < 4.78 is 5.35. The maximum Gasteiger partial charge on any atom is 0.408 e. The fourth-order valence-corrected chi connectivity index (χ4v) is 4.10. The average Bonchev–Trinajstić information content (AvgIpc) is 2.89. The zero-order chi connectivity index (χ0) is 28.1. The summed E-state index contributed by atoms with van der Waals surface area (Å²) in [5.74, 6) is 1.87. The molecule has 3 amide bonds. The van der Waals surface area contributed by atoms with Crippen LogP contribution in [-0.4, -0.2) is 46.7 Å². The Bertz CT molecular complexity index is 1090. The third-order valence-corrected chi connectivity index (χ3v) is 6.09.